The van der Waals surface area contributed by atoms with Crippen LogP contribution in [0.4, 0.5) is 0 Å². The molecule has 17 heavy (non-hydrogen) atoms. The van der Waals surface area contributed by atoms with Gasteiger partial charge in [0, 0.05) is 6.61 Å². The molecule has 1 aromatic rings. The second-order valence-corrected chi connectivity index (χ2v) is 3.19. The first-order chi connectivity index (χ1) is 8.27. The van der Waals surface area contributed by atoms with Crippen LogP contribution in [0.1, 0.15) is 23.8 Å². The molecule has 0 aliphatic heterocycles. The standard InChI is InChI=1S/C11H16N2O4/c1-3-4-16-5-6-17-10-8-12-7-9(13-10)11(14)15-2/h7-8H,3-6H2,1-2H3. The molecule has 0 aliphatic carbocycles. The largest absolute Gasteiger partial charge is 0.474 e. The van der Waals surface area contributed by atoms with Crippen molar-refractivity contribution in [1.29, 1.82) is 0 Å². The molecule has 6 nitrogen and oxygen atoms in total. The van der Waals surface area contributed by atoms with Gasteiger partial charge in [0.1, 0.15) is 6.61 Å². The van der Waals surface area contributed by atoms with Gasteiger partial charge in [-0.25, -0.2) is 9.78 Å². The fraction of sp³-hybridized carbons (Fsp3) is 0.545. The molecule has 1 aromatic heterocycles. The summed E-state index contributed by atoms with van der Waals surface area (Å²) in [7, 11) is 1.29. The molecule has 0 bridgehead atoms. The number of ether oxygens (including phenoxy) is 3. The van der Waals surface area contributed by atoms with Crippen molar-refractivity contribution in [3.63, 3.8) is 0 Å². The van der Waals surface area contributed by atoms with Crippen molar-refractivity contribution in [3.05, 3.63) is 18.1 Å². The molecule has 0 radical (unpaired) electrons. The van der Waals surface area contributed by atoms with Gasteiger partial charge in [-0.3, -0.25) is 4.98 Å². The van der Waals surface area contributed by atoms with E-state index in [1.54, 1.807) is 0 Å². The molecule has 1 heterocycles. The first kappa shape index (κ1) is 13.4. The molecule has 0 saturated heterocycles. The highest BCUT2D eigenvalue weighted by Crippen LogP contribution is 2.05. The number of nitrogens with zero attached hydrogens (tertiary/aromatic N) is 2. The van der Waals surface area contributed by atoms with Crippen LogP contribution in [0, 0.1) is 0 Å². The van der Waals surface area contributed by atoms with Gasteiger partial charge < -0.3 is 14.2 Å². The molecule has 0 N–H and O–H groups in total. The summed E-state index contributed by atoms with van der Waals surface area (Å²) in [5.41, 5.74) is 0.125. The van der Waals surface area contributed by atoms with Crippen molar-refractivity contribution in [1.82, 2.24) is 9.97 Å². The van der Waals surface area contributed by atoms with Crippen LogP contribution >= 0.6 is 0 Å². The lowest BCUT2D eigenvalue weighted by molar-refractivity contribution is 0.0591. The molecule has 6 heteroatoms. The van der Waals surface area contributed by atoms with E-state index in [0.29, 0.717) is 19.8 Å². The lowest BCUT2D eigenvalue weighted by atomic mass is 10.4. The normalized spacial score (nSPS) is 10.0. The zero-order valence-electron chi connectivity index (χ0n) is 10.0. The van der Waals surface area contributed by atoms with Crippen molar-refractivity contribution < 1.29 is 19.0 Å². The minimum absolute atomic E-state index is 0.125. The number of rotatable bonds is 7. The Morgan fingerprint density at radius 2 is 2.12 bits per heavy atom. The van der Waals surface area contributed by atoms with E-state index in [2.05, 4.69) is 14.7 Å². The smallest absolute Gasteiger partial charge is 0.358 e. The topological polar surface area (TPSA) is 70.5 Å². The van der Waals surface area contributed by atoms with Gasteiger partial charge in [-0.1, -0.05) is 6.92 Å². The van der Waals surface area contributed by atoms with E-state index in [-0.39, 0.29) is 11.6 Å². The molecule has 0 atom stereocenters. The molecule has 0 aliphatic rings. The summed E-state index contributed by atoms with van der Waals surface area (Å²) in [5, 5.41) is 0. The molecule has 0 amide bonds. The van der Waals surface area contributed by atoms with Crippen LogP contribution in [0.3, 0.4) is 0 Å². The molecule has 0 fully saturated rings. The summed E-state index contributed by atoms with van der Waals surface area (Å²) in [5.74, 6) is -0.252. The van der Waals surface area contributed by atoms with E-state index < -0.39 is 5.97 Å². The first-order valence-corrected chi connectivity index (χ1v) is 5.38. The molecular weight excluding hydrogens is 224 g/mol. The summed E-state index contributed by atoms with van der Waals surface area (Å²) in [6.45, 7) is 3.60. The van der Waals surface area contributed by atoms with Gasteiger partial charge in [0.2, 0.25) is 5.88 Å². The predicted molar refractivity (Wildman–Crippen MR) is 60.0 cm³/mol. The van der Waals surface area contributed by atoms with Gasteiger partial charge in [0.05, 0.1) is 26.1 Å². The zero-order valence-corrected chi connectivity index (χ0v) is 10.0. The van der Waals surface area contributed by atoms with Gasteiger partial charge in [-0.15, -0.1) is 0 Å². The average Bonchev–Trinajstić information content (AvgIpc) is 2.38. The summed E-state index contributed by atoms with van der Waals surface area (Å²) in [6, 6.07) is 0. The number of methoxy groups -OCH3 is 1. The molecule has 0 aromatic carbocycles. The fourth-order valence-corrected chi connectivity index (χ4v) is 1.07. The van der Waals surface area contributed by atoms with Gasteiger partial charge in [-0.05, 0) is 6.42 Å². The molecular formula is C11H16N2O4. The lowest BCUT2D eigenvalue weighted by Gasteiger charge is -2.06. The highest BCUT2D eigenvalue weighted by Gasteiger charge is 2.08. The summed E-state index contributed by atoms with van der Waals surface area (Å²) in [6.07, 6.45) is 3.73. The lowest BCUT2D eigenvalue weighted by Crippen LogP contribution is -2.10. The Bertz CT molecular complexity index is 357. The van der Waals surface area contributed by atoms with Gasteiger partial charge in [0.15, 0.2) is 5.69 Å². The maximum absolute atomic E-state index is 11.2. The van der Waals surface area contributed by atoms with Crippen LogP contribution in [-0.4, -0.2) is 42.9 Å². The van der Waals surface area contributed by atoms with Crippen LogP contribution in [0.25, 0.3) is 0 Å². The Morgan fingerprint density at radius 3 is 2.82 bits per heavy atom. The number of carbonyl (C=O) groups excluding carboxylic acids is 1. The van der Waals surface area contributed by atoms with Crippen LogP contribution in [0.2, 0.25) is 0 Å². The molecule has 0 spiro atoms. The van der Waals surface area contributed by atoms with Crippen molar-refractivity contribution in [2.75, 3.05) is 26.9 Å². The average molecular weight is 240 g/mol. The number of aromatic nitrogens is 2. The van der Waals surface area contributed by atoms with E-state index in [0.717, 1.165) is 6.42 Å². The Morgan fingerprint density at radius 1 is 1.29 bits per heavy atom. The van der Waals surface area contributed by atoms with E-state index in [1.807, 2.05) is 6.92 Å². The van der Waals surface area contributed by atoms with Gasteiger partial charge in [0.25, 0.3) is 0 Å². The molecule has 0 unspecified atom stereocenters. The van der Waals surface area contributed by atoms with Crippen LogP contribution in [-0.2, 0) is 9.47 Å². The zero-order chi connectivity index (χ0) is 12.5. The summed E-state index contributed by atoms with van der Waals surface area (Å²) in [4.78, 5) is 19.0. The minimum Gasteiger partial charge on any atom is -0.474 e. The van der Waals surface area contributed by atoms with Gasteiger partial charge in [-0.2, -0.15) is 0 Å². The highest BCUT2D eigenvalue weighted by molar-refractivity contribution is 5.86. The van der Waals surface area contributed by atoms with Crippen molar-refractivity contribution in [2.24, 2.45) is 0 Å². The van der Waals surface area contributed by atoms with Crippen molar-refractivity contribution in [2.45, 2.75) is 13.3 Å². The Labute approximate surface area is 99.9 Å². The highest BCUT2D eigenvalue weighted by atomic mass is 16.5. The number of esters is 1. The Balaban J connectivity index is 2.40. The van der Waals surface area contributed by atoms with Crippen molar-refractivity contribution >= 4 is 5.97 Å². The first-order valence-electron chi connectivity index (χ1n) is 5.38. The third kappa shape index (κ3) is 4.78. The second kappa shape index (κ2) is 7.56. The van der Waals surface area contributed by atoms with Crippen LogP contribution in [0.15, 0.2) is 12.4 Å². The monoisotopic (exact) mass is 240 g/mol. The second-order valence-electron chi connectivity index (χ2n) is 3.19. The van der Waals surface area contributed by atoms with E-state index in [9.17, 15) is 4.79 Å². The quantitative estimate of drug-likeness (QED) is 0.524. The SMILES string of the molecule is CCCOCCOc1cncc(C(=O)OC)n1. The summed E-state index contributed by atoms with van der Waals surface area (Å²) >= 11 is 0. The fourth-order valence-electron chi connectivity index (χ4n) is 1.07. The Kier molecular flexibility index (Phi) is 5.95. The molecule has 94 valence electrons. The summed E-state index contributed by atoms with van der Waals surface area (Å²) < 4.78 is 15.0. The maximum atomic E-state index is 11.2. The maximum Gasteiger partial charge on any atom is 0.358 e. The predicted octanol–water partition coefficient (Wildman–Crippen LogP) is 1.07. The number of hydrogen-bond acceptors (Lipinski definition) is 6. The van der Waals surface area contributed by atoms with E-state index >= 15 is 0 Å². The third-order valence-corrected chi connectivity index (χ3v) is 1.83. The third-order valence-electron chi connectivity index (χ3n) is 1.83. The minimum atomic E-state index is -0.537. The Hall–Kier alpha value is -1.69. The molecule has 0 saturated carbocycles. The van der Waals surface area contributed by atoms with E-state index in [1.165, 1.54) is 19.5 Å². The van der Waals surface area contributed by atoms with Gasteiger partial charge >= 0.3 is 5.97 Å². The number of hydrogen-bond donors (Lipinski definition) is 0. The molecule has 1 rings (SSSR count). The van der Waals surface area contributed by atoms with E-state index in [4.69, 9.17) is 9.47 Å². The number of carbonyl (C=O) groups is 1. The van der Waals surface area contributed by atoms with Crippen LogP contribution in [0.5, 0.6) is 5.88 Å². The van der Waals surface area contributed by atoms with Crippen LogP contribution < -0.4 is 4.74 Å². The van der Waals surface area contributed by atoms with Crippen molar-refractivity contribution in [3.8, 4) is 5.88 Å².